The summed E-state index contributed by atoms with van der Waals surface area (Å²) in [7, 11) is -2.37. The van der Waals surface area contributed by atoms with E-state index in [0.717, 1.165) is 5.56 Å². The summed E-state index contributed by atoms with van der Waals surface area (Å²) in [4.78, 5) is 27.5. The molecular formula is C16H24N3O6P. The van der Waals surface area contributed by atoms with Crippen LogP contribution in [0.15, 0.2) is 24.5 Å². The first-order chi connectivity index (χ1) is 12.3. The van der Waals surface area contributed by atoms with Crippen molar-refractivity contribution in [2.24, 2.45) is 5.41 Å². The van der Waals surface area contributed by atoms with Gasteiger partial charge in [-0.3, -0.25) is 23.6 Å². The summed E-state index contributed by atoms with van der Waals surface area (Å²) in [6.45, 7) is 4.00. The van der Waals surface area contributed by atoms with Gasteiger partial charge in [-0.15, -0.1) is 0 Å². The third-order valence-electron chi connectivity index (χ3n) is 3.88. The third-order valence-corrected chi connectivity index (χ3v) is 5.38. The monoisotopic (exact) mass is 385 g/mol. The van der Waals surface area contributed by atoms with Crippen molar-refractivity contribution in [3.8, 4) is 0 Å². The van der Waals surface area contributed by atoms with E-state index in [0.29, 0.717) is 0 Å². The Morgan fingerprint density at radius 1 is 1.38 bits per heavy atom. The van der Waals surface area contributed by atoms with Crippen LogP contribution in [0.5, 0.6) is 0 Å². The number of hydrogen-bond donors (Lipinski definition) is 2. The summed E-state index contributed by atoms with van der Waals surface area (Å²) in [6.07, 6.45) is 2.31. The van der Waals surface area contributed by atoms with E-state index in [1.54, 1.807) is 38.4 Å². The second-order valence-electron chi connectivity index (χ2n) is 6.55. The highest BCUT2D eigenvalue weighted by Crippen LogP contribution is 2.53. The van der Waals surface area contributed by atoms with Gasteiger partial charge in [0.15, 0.2) is 6.10 Å². The third kappa shape index (κ3) is 5.60. The average molecular weight is 385 g/mol. The standard InChI is InChI=1S/C16H24N3O6P/c1-16(2)11-24-26(22,19-10-12-4-7-17-8-5-12)25-14(16)15(21)18-9-6-13(20)23-3/h4-5,7-8,14H,6,9-11H2,1-3H3,(H,18,21)(H,19,22)/t14-,26?/m0/s1. The minimum absolute atomic E-state index is 0.0455. The summed E-state index contributed by atoms with van der Waals surface area (Å²) >= 11 is 0. The van der Waals surface area contributed by atoms with Gasteiger partial charge in [-0.25, -0.2) is 9.65 Å². The van der Waals surface area contributed by atoms with Crippen LogP contribution in [0.2, 0.25) is 0 Å². The van der Waals surface area contributed by atoms with Crippen LogP contribution in [-0.4, -0.2) is 43.2 Å². The molecule has 9 nitrogen and oxygen atoms in total. The molecule has 1 aliphatic heterocycles. The topological polar surface area (TPSA) is 116 Å². The van der Waals surface area contributed by atoms with E-state index >= 15 is 0 Å². The predicted octanol–water partition coefficient (Wildman–Crippen LogP) is 1.40. The van der Waals surface area contributed by atoms with E-state index < -0.39 is 31.1 Å². The Bertz CT molecular complexity index is 682. The van der Waals surface area contributed by atoms with Crippen LogP contribution < -0.4 is 10.4 Å². The number of rotatable bonds is 7. The Balaban J connectivity index is 1.97. The highest BCUT2D eigenvalue weighted by molar-refractivity contribution is 7.51. The van der Waals surface area contributed by atoms with E-state index in [1.165, 1.54) is 7.11 Å². The van der Waals surface area contributed by atoms with Crippen LogP contribution in [0.1, 0.15) is 25.8 Å². The minimum atomic E-state index is -3.65. The largest absolute Gasteiger partial charge is 0.469 e. The van der Waals surface area contributed by atoms with Gasteiger partial charge in [0, 0.05) is 30.9 Å². The zero-order valence-corrected chi connectivity index (χ0v) is 16.0. The van der Waals surface area contributed by atoms with Gasteiger partial charge in [0.2, 0.25) is 5.91 Å². The lowest BCUT2D eigenvalue weighted by molar-refractivity contribution is -0.141. The molecule has 0 bridgehead atoms. The van der Waals surface area contributed by atoms with Crippen molar-refractivity contribution in [1.29, 1.82) is 0 Å². The number of aromatic nitrogens is 1. The molecule has 1 unspecified atom stereocenters. The van der Waals surface area contributed by atoms with E-state index in [2.05, 4.69) is 20.1 Å². The van der Waals surface area contributed by atoms with E-state index in [-0.39, 0.29) is 26.1 Å². The SMILES string of the molecule is COC(=O)CCNC(=O)[C@@H]1OP(=O)(NCc2ccncc2)OCC1(C)C. The Hall–Kier alpha value is -1.80. The van der Waals surface area contributed by atoms with Gasteiger partial charge in [0.1, 0.15) is 0 Å². The number of nitrogens with zero attached hydrogens (tertiary/aromatic N) is 1. The fourth-order valence-electron chi connectivity index (χ4n) is 2.30. The molecule has 144 valence electrons. The highest BCUT2D eigenvalue weighted by Gasteiger charge is 2.47. The van der Waals surface area contributed by atoms with E-state index in [4.69, 9.17) is 9.05 Å². The molecule has 1 aliphatic rings. The summed E-state index contributed by atoms with van der Waals surface area (Å²) in [5, 5.41) is 5.36. The fraction of sp³-hybridized carbons (Fsp3) is 0.562. The highest BCUT2D eigenvalue weighted by atomic mass is 31.2. The van der Waals surface area contributed by atoms with Crippen molar-refractivity contribution < 1.29 is 27.9 Å². The number of carbonyl (C=O) groups is 2. The van der Waals surface area contributed by atoms with Gasteiger partial charge in [-0.05, 0) is 17.7 Å². The van der Waals surface area contributed by atoms with Crippen molar-refractivity contribution in [2.45, 2.75) is 32.9 Å². The number of esters is 1. The number of nitrogens with one attached hydrogen (secondary N) is 2. The first kappa shape index (κ1) is 20.5. The number of pyridine rings is 1. The molecule has 2 N–H and O–H groups in total. The van der Waals surface area contributed by atoms with Crippen LogP contribution in [0.3, 0.4) is 0 Å². The molecule has 0 spiro atoms. The maximum Gasteiger partial charge on any atom is 0.406 e. The Morgan fingerprint density at radius 2 is 2.08 bits per heavy atom. The smallest absolute Gasteiger partial charge is 0.406 e. The van der Waals surface area contributed by atoms with Crippen LogP contribution in [0.25, 0.3) is 0 Å². The van der Waals surface area contributed by atoms with Gasteiger partial charge in [0.25, 0.3) is 0 Å². The van der Waals surface area contributed by atoms with Gasteiger partial charge in [0.05, 0.1) is 20.1 Å². The van der Waals surface area contributed by atoms with Crippen molar-refractivity contribution in [3.63, 3.8) is 0 Å². The minimum Gasteiger partial charge on any atom is -0.469 e. The number of amides is 1. The number of carbonyl (C=O) groups excluding carboxylic acids is 2. The molecular weight excluding hydrogens is 361 g/mol. The normalized spacial score (nSPS) is 24.7. The van der Waals surface area contributed by atoms with Crippen molar-refractivity contribution in [3.05, 3.63) is 30.1 Å². The summed E-state index contributed by atoms with van der Waals surface area (Å²) < 4.78 is 28.3. The van der Waals surface area contributed by atoms with Crippen molar-refractivity contribution >= 4 is 19.6 Å². The van der Waals surface area contributed by atoms with Gasteiger partial charge >= 0.3 is 13.7 Å². The second kappa shape index (κ2) is 8.73. The molecule has 1 saturated heterocycles. The molecule has 0 radical (unpaired) electrons. The Labute approximate surface area is 152 Å². The van der Waals surface area contributed by atoms with Crippen molar-refractivity contribution in [1.82, 2.24) is 15.4 Å². The molecule has 26 heavy (non-hydrogen) atoms. The Morgan fingerprint density at radius 3 is 2.73 bits per heavy atom. The molecule has 2 heterocycles. The molecule has 0 aromatic carbocycles. The lowest BCUT2D eigenvalue weighted by Gasteiger charge is -2.40. The van der Waals surface area contributed by atoms with Crippen molar-refractivity contribution in [2.75, 3.05) is 20.3 Å². The average Bonchev–Trinajstić information content (AvgIpc) is 2.63. The molecule has 0 saturated carbocycles. The van der Waals surface area contributed by atoms with Crippen LogP contribution >= 0.6 is 7.75 Å². The number of methoxy groups -OCH3 is 1. The molecule has 0 aliphatic carbocycles. The maximum atomic E-state index is 12.8. The first-order valence-corrected chi connectivity index (χ1v) is 9.71. The molecule has 1 fully saturated rings. The maximum absolute atomic E-state index is 12.8. The molecule has 2 rings (SSSR count). The quantitative estimate of drug-likeness (QED) is 0.535. The van der Waals surface area contributed by atoms with Crippen LogP contribution in [-0.2, 0) is 34.5 Å². The fourth-order valence-corrected chi connectivity index (χ4v) is 4.06. The Kier molecular flexibility index (Phi) is 6.88. The summed E-state index contributed by atoms with van der Waals surface area (Å²) in [6, 6.07) is 3.54. The summed E-state index contributed by atoms with van der Waals surface area (Å²) in [5.41, 5.74) is 0.174. The van der Waals surface area contributed by atoms with E-state index in [1.807, 2.05) is 0 Å². The summed E-state index contributed by atoms with van der Waals surface area (Å²) in [5.74, 6) is -0.879. The lowest BCUT2D eigenvalue weighted by atomic mass is 9.87. The predicted molar refractivity (Wildman–Crippen MR) is 92.9 cm³/mol. The van der Waals surface area contributed by atoms with Crippen LogP contribution in [0, 0.1) is 5.41 Å². The zero-order chi connectivity index (χ0) is 19.2. The van der Waals surface area contributed by atoms with Gasteiger partial charge in [-0.2, -0.15) is 0 Å². The number of hydrogen-bond acceptors (Lipinski definition) is 7. The zero-order valence-electron chi connectivity index (χ0n) is 15.1. The molecule has 1 aromatic heterocycles. The van der Waals surface area contributed by atoms with Crippen LogP contribution in [0.4, 0.5) is 0 Å². The molecule has 10 heteroatoms. The number of ether oxygens (including phenoxy) is 1. The van der Waals surface area contributed by atoms with E-state index in [9.17, 15) is 14.2 Å². The molecule has 1 aromatic rings. The second-order valence-corrected chi connectivity index (χ2v) is 8.33. The van der Waals surface area contributed by atoms with Gasteiger partial charge < -0.3 is 10.1 Å². The first-order valence-electron chi connectivity index (χ1n) is 8.17. The van der Waals surface area contributed by atoms with Gasteiger partial charge in [-0.1, -0.05) is 13.8 Å². The molecule has 1 amide bonds. The molecule has 2 atom stereocenters. The lowest BCUT2D eigenvalue weighted by Crippen LogP contribution is -2.50.